The van der Waals surface area contributed by atoms with Crippen molar-refractivity contribution in [3.63, 3.8) is 0 Å². The maximum atomic E-state index is 12.1. The number of hydrogen-bond acceptors (Lipinski definition) is 4. The zero-order valence-electron chi connectivity index (χ0n) is 17.3. The molecule has 2 heterocycles. The van der Waals surface area contributed by atoms with E-state index >= 15 is 0 Å². The lowest BCUT2D eigenvalue weighted by Crippen LogP contribution is -2.49. The number of hydrogen-bond donors (Lipinski definition) is 0. The van der Waals surface area contributed by atoms with Crippen molar-refractivity contribution < 1.29 is 4.79 Å². The first-order chi connectivity index (χ1) is 14.1. The van der Waals surface area contributed by atoms with E-state index in [1.165, 1.54) is 24.0 Å². The van der Waals surface area contributed by atoms with Crippen molar-refractivity contribution >= 4 is 23.3 Å². The third-order valence-corrected chi connectivity index (χ3v) is 6.11. The van der Waals surface area contributed by atoms with E-state index in [0.29, 0.717) is 12.3 Å². The van der Waals surface area contributed by atoms with Crippen LogP contribution < -0.4 is 4.90 Å². The van der Waals surface area contributed by atoms with Crippen LogP contribution in [0.1, 0.15) is 61.7 Å². The summed E-state index contributed by atoms with van der Waals surface area (Å²) in [7, 11) is 0. The molecule has 1 aliphatic carbocycles. The Morgan fingerprint density at radius 2 is 1.90 bits per heavy atom. The van der Waals surface area contributed by atoms with Gasteiger partial charge >= 0.3 is 0 Å². The van der Waals surface area contributed by atoms with Gasteiger partial charge in [0.05, 0.1) is 0 Å². The second-order valence-corrected chi connectivity index (χ2v) is 8.42. The van der Waals surface area contributed by atoms with Crippen molar-refractivity contribution in [2.45, 2.75) is 51.9 Å². The topological polar surface area (TPSA) is 49.3 Å². The molecular formula is C23H29ClN4O. The van der Waals surface area contributed by atoms with Gasteiger partial charge in [-0.05, 0) is 37.0 Å². The molecule has 5 nitrogen and oxygen atoms in total. The maximum absolute atomic E-state index is 12.1. The number of aromatic nitrogens is 2. The number of anilines is 1. The van der Waals surface area contributed by atoms with E-state index in [1.807, 2.05) is 30.0 Å². The van der Waals surface area contributed by atoms with Crippen LogP contribution in [-0.2, 0) is 17.6 Å². The van der Waals surface area contributed by atoms with Gasteiger partial charge in [-0.15, -0.1) is 0 Å². The highest BCUT2D eigenvalue weighted by molar-refractivity contribution is 6.30. The lowest BCUT2D eigenvalue weighted by molar-refractivity contribution is -0.131. The molecule has 6 heteroatoms. The third-order valence-electron chi connectivity index (χ3n) is 5.87. The summed E-state index contributed by atoms with van der Waals surface area (Å²) in [5.74, 6) is 2.81. The molecule has 1 aromatic heterocycles. The normalized spacial score (nSPS) is 16.9. The van der Waals surface area contributed by atoms with Crippen molar-refractivity contribution in [2.75, 3.05) is 31.1 Å². The Labute approximate surface area is 178 Å². The van der Waals surface area contributed by atoms with Crippen LogP contribution in [0.4, 0.5) is 5.82 Å². The standard InChI is InChI=1S/C23H29ClN4O/c1-3-20-19(15-16-6-5-7-18(24)14-16)23(26-22(25-20)17-8-9-17)28-12-10-27(11-13-28)21(29)4-2/h5-7,14,17H,3-4,8-13,15H2,1-2H3. The second-order valence-electron chi connectivity index (χ2n) is 7.99. The molecule has 2 aromatic rings. The van der Waals surface area contributed by atoms with Crippen LogP contribution in [0.25, 0.3) is 0 Å². The maximum Gasteiger partial charge on any atom is 0.222 e. The van der Waals surface area contributed by atoms with E-state index < -0.39 is 0 Å². The average molecular weight is 413 g/mol. The Balaban J connectivity index is 1.67. The minimum atomic E-state index is 0.236. The molecule has 1 aliphatic heterocycles. The van der Waals surface area contributed by atoms with E-state index in [-0.39, 0.29) is 5.91 Å². The van der Waals surface area contributed by atoms with Crippen molar-refractivity contribution in [1.29, 1.82) is 0 Å². The number of benzene rings is 1. The summed E-state index contributed by atoms with van der Waals surface area (Å²) in [6.45, 7) is 7.25. The quantitative estimate of drug-likeness (QED) is 0.712. The van der Waals surface area contributed by atoms with Crippen LogP contribution >= 0.6 is 11.6 Å². The van der Waals surface area contributed by atoms with Gasteiger partial charge in [-0.3, -0.25) is 4.79 Å². The van der Waals surface area contributed by atoms with Crippen molar-refractivity contribution in [3.05, 3.63) is 51.9 Å². The van der Waals surface area contributed by atoms with Gasteiger partial charge in [0.2, 0.25) is 5.91 Å². The Morgan fingerprint density at radius 1 is 1.14 bits per heavy atom. The minimum absolute atomic E-state index is 0.236. The summed E-state index contributed by atoms with van der Waals surface area (Å²) in [5.41, 5.74) is 3.52. The lowest BCUT2D eigenvalue weighted by atomic mass is 10.0. The van der Waals surface area contributed by atoms with Crippen LogP contribution in [-0.4, -0.2) is 47.0 Å². The summed E-state index contributed by atoms with van der Waals surface area (Å²) in [6, 6.07) is 8.04. The fourth-order valence-corrected chi connectivity index (χ4v) is 4.25. The molecule has 0 unspecified atom stereocenters. The average Bonchev–Trinajstić information content (AvgIpc) is 3.59. The van der Waals surface area contributed by atoms with E-state index in [9.17, 15) is 4.79 Å². The SMILES string of the molecule is CCC(=O)N1CCN(c2nc(C3CC3)nc(CC)c2Cc2cccc(Cl)c2)CC1. The monoisotopic (exact) mass is 412 g/mol. The molecule has 2 fully saturated rings. The molecule has 29 heavy (non-hydrogen) atoms. The Morgan fingerprint density at radius 3 is 2.52 bits per heavy atom. The smallest absolute Gasteiger partial charge is 0.222 e. The van der Waals surface area contributed by atoms with Gasteiger partial charge < -0.3 is 9.80 Å². The Bertz CT molecular complexity index is 888. The fraction of sp³-hybridized carbons (Fsp3) is 0.522. The fourth-order valence-electron chi connectivity index (χ4n) is 4.04. The number of amides is 1. The van der Waals surface area contributed by atoms with E-state index in [0.717, 1.165) is 61.4 Å². The summed E-state index contributed by atoms with van der Waals surface area (Å²) in [5, 5.41) is 0.754. The molecule has 1 saturated carbocycles. The van der Waals surface area contributed by atoms with Gasteiger partial charge in [0.25, 0.3) is 0 Å². The number of piperazine rings is 1. The molecule has 1 saturated heterocycles. The number of halogens is 1. The van der Waals surface area contributed by atoms with Gasteiger partial charge in [-0.25, -0.2) is 9.97 Å². The van der Waals surface area contributed by atoms with Gasteiger partial charge in [-0.1, -0.05) is 37.6 Å². The predicted molar refractivity (Wildman–Crippen MR) is 117 cm³/mol. The van der Waals surface area contributed by atoms with Gasteiger partial charge in [0, 0.05) is 61.2 Å². The van der Waals surface area contributed by atoms with Crippen molar-refractivity contribution in [3.8, 4) is 0 Å². The zero-order chi connectivity index (χ0) is 20.4. The van der Waals surface area contributed by atoms with Crippen molar-refractivity contribution in [1.82, 2.24) is 14.9 Å². The highest BCUT2D eigenvalue weighted by Crippen LogP contribution is 2.40. The lowest BCUT2D eigenvalue weighted by Gasteiger charge is -2.36. The van der Waals surface area contributed by atoms with Gasteiger partial charge in [0.15, 0.2) is 0 Å². The summed E-state index contributed by atoms with van der Waals surface area (Å²) in [4.78, 5) is 26.4. The number of carbonyl (C=O) groups is 1. The highest BCUT2D eigenvalue weighted by Gasteiger charge is 2.30. The molecule has 1 amide bonds. The summed E-state index contributed by atoms with van der Waals surface area (Å²) >= 11 is 6.23. The largest absolute Gasteiger partial charge is 0.353 e. The summed E-state index contributed by atoms with van der Waals surface area (Å²) in [6.07, 6.45) is 4.61. The van der Waals surface area contributed by atoms with E-state index in [2.05, 4.69) is 17.9 Å². The summed E-state index contributed by atoms with van der Waals surface area (Å²) < 4.78 is 0. The number of nitrogens with zero attached hydrogens (tertiary/aromatic N) is 4. The van der Waals surface area contributed by atoms with Crippen LogP contribution in [0.3, 0.4) is 0 Å². The zero-order valence-corrected chi connectivity index (χ0v) is 18.1. The number of rotatable bonds is 6. The number of carbonyl (C=O) groups excluding carboxylic acids is 1. The second kappa shape index (κ2) is 8.70. The molecule has 0 bridgehead atoms. The predicted octanol–water partition coefficient (Wildman–Crippen LogP) is 4.22. The minimum Gasteiger partial charge on any atom is -0.353 e. The molecule has 0 atom stereocenters. The molecule has 0 spiro atoms. The van der Waals surface area contributed by atoms with E-state index in [1.54, 1.807) is 0 Å². The van der Waals surface area contributed by atoms with Gasteiger partial charge in [-0.2, -0.15) is 0 Å². The van der Waals surface area contributed by atoms with Crippen LogP contribution in [0.2, 0.25) is 5.02 Å². The van der Waals surface area contributed by atoms with Crippen LogP contribution in [0.5, 0.6) is 0 Å². The molecule has 0 radical (unpaired) electrons. The first-order valence-electron chi connectivity index (χ1n) is 10.8. The van der Waals surface area contributed by atoms with Crippen LogP contribution in [0.15, 0.2) is 24.3 Å². The molecule has 0 N–H and O–H groups in total. The molecule has 4 rings (SSSR count). The van der Waals surface area contributed by atoms with Crippen LogP contribution in [0, 0.1) is 0 Å². The first kappa shape index (κ1) is 20.1. The highest BCUT2D eigenvalue weighted by atomic mass is 35.5. The third kappa shape index (κ3) is 4.55. The molecular weight excluding hydrogens is 384 g/mol. The Hall–Kier alpha value is -2.14. The number of aryl methyl sites for hydroxylation is 1. The van der Waals surface area contributed by atoms with Crippen molar-refractivity contribution in [2.24, 2.45) is 0 Å². The molecule has 2 aliphatic rings. The van der Waals surface area contributed by atoms with E-state index in [4.69, 9.17) is 21.6 Å². The van der Waals surface area contributed by atoms with Gasteiger partial charge in [0.1, 0.15) is 11.6 Å². The Kier molecular flexibility index (Phi) is 6.04. The molecule has 1 aromatic carbocycles. The molecule has 154 valence electrons. The first-order valence-corrected chi connectivity index (χ1v) is 11.1.